The highest BCUT2D eigenvalue weighted by Crippen LogP contribution is 2.02. The van der Waals surface area contributed by atoms with Crippen molar-refractivity contribution >= 4 is 11.9 Å². The predicted molar refractivity (Wildman–Crippen MR) is 46.1 cm³/mol. The van der Waals surface area contributed by atoms with Crippen LogP contribution in [0.25, 0.3) is 0 Å². The van der Waals surface area contributed by atoms with Crippen LogP contribution in [0.3, 0.4) is 0 Å². The first-order valence-electron chi connectivity index (χ1n) is 3.45. The van der Waals surface area contributed by atoms with Crippen LogP contribution in [0.4, 0.5) is 0 Å². The second-order valence-electron chi connectivity index (χ2n) is 2.51. The molecule has 5 nitrogen and oxygen atoms in total. The number of hydrogen-bond acceptors (Lipinski definition) is 3. The standard InChI is InChI=1S/C8H11NO4/c1-4(7(10)11)3-6(9)5(2)8(12)13/h3,6H,2,9H2,1H3,(H,10,11)(H,12,13). The summed E-state index contributed by atoms with van der Waals surface area (Å²) in [4.78, 5) is 20.7. The lowest BCUT2D eigenvalue weighted by molar-refractivity contribution is -0.134. The third-order valence-corrected chi connectivity index (χ3v) is 1.44. The van der Waals surface area contributed by atoms with Gasteiger partial charge in [0.2, 0.25) is 0 Å². The van der Waals surface area contributed by atoms with E-state index in [1.165, 1.54) is 6.92 Å². The summed E-state index contributed by atoms with van der Waals surface area (Å²) in [5.74, 6) is -2.37. The molecule has 5 heteroatoms. The van der Waals surface area contributed by atoms with Gasteiger partial charge in [0, 0.05) is 5.57 Å². The second kappa shape index (κ2) is 4.42. The molecule has 0 heterocycles. The van der Waals surface area contributed by atoms with Gasteiger partial charge in [-0.2, -0.15) is 0 Å². The van der Waals surface area contributed by atoms with Crippen molar-refractivity contribution in [3.05, 3.63) is 23.8 Å². The van der Waals surface area contributed by atoms with E-state index in [9.17, 15) is 9.59 Å². The smallest absolute Gasteiger partial charge is 0.332 e. The Bertz CT molecular complexity index is 280. The summed E-state index contributed by atoms with van der Waals surface area (Å²) in [6.07, 6.45) is 1.14. The highest BCUT2D eigenvalue weighted by Gasteiger charge is 2.12. The molecule has 0 radical (unpaired) electrons. The lowest BCUT2D eigenvalue weighted by Crippen LogP contribution is -2.25. The van der Waals surface area contributed by atoms with Crippen molar-refractivity contribution in [2.75, 3.05) is 0 Å². The molecule has 0 saturated heterocycles. The summed E-state index contributed by atoms with van der Waals surface area (Å²) < 4.78 is 0. The summed E-state index contributed by atoms with van der Waals surface area (Å²) in [6.45, 7) is 4.54. The molecule has 0 fully saturated rings. The summed E-state index contributed by atoms with van der Waals surface area (Å²) in [6, 6.07) is -0.964. The van der Waals surface area contributed by atoms with Crippen LogP contribution in [-0.4, -0.2) is 28.2 Å². The van der Waals surface area contributed by atoms with Gasteiger partial charge in [0.1, 0.15) is 0 Å². The zero-order chi connectivity index (χ0) is 10.6. The number of aliphatic carboxylic acids is 2. The van der Waals surface area contributed by atoms with Crippen molar-refractivity contribution in [3.63, 3.8) is 0 Å². The molecule has 0 aliphatic rings. The van der Waals surface area contributed by atoms with Crippen molar-refractivity contribution in [3.8, 4) is 0 Å². The van der Waals surface area contributed by atoms with Gasteiger partial charge < -0.3 is 15.9 Å². The van der Waals surface area contributed by atoms with Crippen LogP contribution in [0.15, 0.2) is 23.8 Å². The lowest BCUT2D eigenvalue weighted by Gasteiger charge is -2.06. The van der Waals surface area contributed by atoms with E-state index in [4.69, 9.17) is 15.9 Å². The van der Waals surface area contributed by atoms with Crippen LogP contribution in [0.5, 0.6) is 0 Å². The van der Waals surface area contributed by atoms with E-state index in [2.05, 4.69) is 6.58 Å². The first-order chi connectivity index (χ1) is 5.86. The van der Waals surface area contributed by atoms with Gasteiger partial charge in [-0.15, -0.1) is 0 Å². The van der Waals surface area contributed by atoms with Crippen LogP contribution in [0, 0.1) is 0 Å². The lowest BCUT2D eigenvalue weighted by atomic mass is 10.1. The number of nitrogens with two attached hydrogens (primary N) is 1. The van der Waals surface area contributed by atoms with E-state index in [-0.39, 0.29) is 11.1 Å². The van der Waals surface area contributed by atoms with Gasteiger partial charge in [0.25, 0.3) is 0 Å². The van der Waals surface area contributed by atoms with E-state index in [1.54, 1.807) is 0 Å². The summed E-state index contributed by atoms with van der Waals surface area (Å²) in [7, 11) is 0. The van der Waals surface area contributed by atoms with Gasteiger partial charge >= 0.3 is 11.9 Å². The molecule has 0 spiro atoms. The Balaban J connectivity index is 4.55. The molecule has 1 unspecified atom stereocenters. The Morgan fingerprint density at radius 3 is 2.15 bits per heavy atom. The molecule has 0 aromatic heterocycles. The molecule has 0 aliphatic heterocycles. The highest BCUT2D eigenvalue weighted by molar-refractivity contribution is 5.89. The zero-order valence-corrected chi connectivity index (χ0v) is 7.15. The van der Waals surface area contributed by atoms with E-state index in [0.717, 1.165) is 6.08 Å². The molecule has 0 bridgehead atoms. The Kier molecular flexibility index (Phi) is 3.87. The third-order valence-electron chi connectivity index (χ3n) is 1.44. The normalized spacial score (nSPS) is 13.5. The van der Waals surface area contributed by atoms with Gasteiger partial charge in [0.15, 0.2) is 0 Å². The number of carboxylic acid groups (broad SMARTS) is 2. The molecule has 0 aliphatic carbocycles. The SMILES string of the molecule is C=C(C(=O)O)C(N)C=C(C)C(=O)O. The number of hydrogen-bond donors (Lipinski definition) is 3. The molecule has 4 N–H and O–H groups in total. The Hall–Kier alpha value is -1.62. The maximum absolute atomic E-state index is 10.3. The fourth-order valence-electron chi connectivity index (χ4n) is 0.584. The molecule has 0 saturated carbocycles. The largest absolute Gasteiger partial charge is 0.478 e. The summed E-state index contributed by atoms with van der Waals surface area (Å²) in [5, 5.41) is 16.9. The Morgan fingerprint density at radius 2 is 1.85 bits per heavy atom. The van der Waals surface area contributed by atoms with E-state index < -0.39 is 18.0 Å². The van der Waals surface area contributed by atoms with Gasteiger partial charge in [-0.3, -0.25) is 0 Å². The molecule has 1 atom stereocenters. The van der Waals surface area contributed by atoms with Gasteiger partial charge in [-0.1, -0.05) is 12.7 Å². The van der Waals surface area contributed by atoms with E-state index >= 15 is 0 Å². The Morgan fingerprint density at radius 1 is 1.38 bits per heavy atom. The summed E-state index contributed by atoms with van der Waals surface area (Å²) >= 11 is 0. The molecule has 0 aromatic carbocycles. The Labute approximate surface area is 75.2 Å². The molecule has 13 heavy (non-hydrogen) atoms. The molecular weight excluding hydrogens is 174 g/mol. The first kappa shape index (κ1) is 11.4. The van der Waals surface area contributed by atoms with Crippen LogP contribution >= 0.6 is 0 Å². The average molecular weight is 185 g/mol. The van der Waals surface area contributed by atoms with E-state index in [1.807, 2.05) is 0 Å². The average Bonchev–Trinajstić information content (AvgIpc) is 2.02. The topological polar surface area (TPSA) is 101 Å². The molecular formula is C8H11NO4. The first-order valence-corrected chi connectivity index (χ1v) is 3.45. The van der Waals surface area contributed by atoms with Gasteiger partial charge in [-0.25, -0.2) is 9.59 Å². The van der Waals surface area contributed by atoms with Crippen LogP contribution in [-0.2, 0) is 9.59 Å². The van der Waals surface area contributed by atoms with Crippen molar-refractivity contribution < 1.29 is 19.8 Å². The quantitative estimate of drug-likeness (QED) is 0.534. The monoisotopic (exact) mass is 185 g/mol. The van der Waals surface area contributed by atoms with Crippen LogP contribution < -0.4 is 5.73 Å². The number of carboxylic acids is 2. The van der Waals surface area contributed by atoms with Crippen LogP contribution in [0.1, 0.15) is 6.92 Å². The number of rotatable bonds is 4. The van der Waals surface area contributed by atoms with Crippen molar-refractivity contribution in [1.29, 1.82) is 0 Å². The fourth-order valence-corrected chi connectivity index (χ4v) is 0.584. The summed E-state index contributed by atoms with van der Waals surface area (Å²) in [5.41, 5.74) is 5.10. The van der Waals surface area contributed by atoms with Gasteiger partial charge in [0.05, 0.1) is 11.6 Å². The predicted octanol–water partition coefficient (Wildman–Crippen LogP) is -0.0146. The van der Waals surface area contributed by atoms with Crippen molar-refractivity contribution in [2.24, 2.45) is 5.73 Å². The molecule has 0 aromatic rings. The minimum atomic E-state index is -1.23. The van der Waals surface area contributed by atoms with Crippen molar-refractivity contribution in [2.45, 2.75) is 13.0 Å². The van der Waals surface area contributed by atoms with Crippen molar-refractivity contribution in [1.82, 2.24) is 0 Å². The zero-order valence-electron chi connectivity index (χ0n) is 7.15. The minimum absolute atomic E-state index is 0.00472. The van der Waals surface area contributed by atoms with Gasteiger partial charge in [-0.05, 0) is 6.92 Å². The minimum Gasteiger partial charge on any atom is -0.478 e. The number of carbonyl (C=O) groups is 2. The molecule has 72 valence electrons. The van der Waals surface area contributed by atoms with Crippen LogP contribution in [0.2, 0.25) is 0 Å². The molecule has 0 rings (SSSR count). The fraction of sp³-hybridized carbons (Fsp3) is 0.250. The van der Waals surface area contributed by atoms with E-state index in [0.29, 0.717) is 0 Å². The second-order valence-corrected chi connectivity index (χ2v) is 2.51. The maximum Gasteiger partial charge on any atom is 0.332 e. The third kappa shape index (κ3) is 3.53. The molecule has 0 amide bonds. The highest BCUT2D eigenvalue weighted by atomic mass is 16.4. The maximum atomic E-state index is 10.3.